The van der Waals surface area contributed by atoms with Crippen LogP contribution in [0, 0.1) is 22.9 Å². The summed E-state index contributed by atoms with van der Waals surface area (Å²) in [7, 11) is -3.17. The second-order valence-corrected chi connectivity index (χ2v) is 27.2. The second kappa shape index (κ2) is 18.2. The molecule has 4 aromatic carbocycles. The predicted molar refractivity (Wildman–Crippen MR) is 254 cm³/mol. The Kier molecular flexibility index (Phi) is 12.4. The van der Waals surface area contributed by atoms with Crippen LogP contribution < -0.4 is 0 Å². The lowest BCUT2D eigenvalue weighted by molar-refractivity contribution is 0.0470. The number of nitrogens with zero attached hydrogens (tertiary/aromatic N) is 6. The van der Waals surface area contributed by atoms with Crippen molar-refractivity contribution in [2.45, 2.75) is 71.6 Å². The van der Waals surface area contributed by atoms with E-state index in [1.807, 2.05) is 94.1 Å². The van der Waals surface area contributed by atoms with Crippen LogP contribution in [0.15, 0.2) is 120 Å². The molecule has 0 aliphatic carbocycles. The molecule has 2 aliphatic rings. The number of hydrogen-bond donors (Lipinski definition) is 0. The normalized spacial score (nSPS) is 12.9. The molecule has 0 amide bonds. The van der Waals surface area contributed by atoms with Crippen LogP contribution in [0.3, 0.4) is 0 Å². The fraction of sp³-hybridized carbons (Fsp3) is 0.255. The van der Waals surface area contributed by atoms with E-state index in [1.165, 1.54) is 0 Å². The first kappa shape index (κ1) is 42.8. The number of aliphatic imine (C=N–C) groups is 2. The van der Waals surface area contributed by atoms with Crippen molar-refractivity contribution in [2.75, 3.05) is 13.2 Å². The van der Waals surface area contributed by atoms with Gasteiger partial charge in [-0.1, -0.05) is 112 Å². The number of carbonyl (C=O) groups excluding carboxylic acids is 2. The fourth-order valence-corrected chi connectivity index (χ4v) is 8.40. The Morgan fingerprint density at radius 3 is 1.38 bits per heavy atom. The molecule has 63 heavy (non-hydrogen) atoms. The van der Waals surface area contributed by atoms with E-state index < -0.39 is 28.1 Å². The summed E-state index contributed by atoms with van der Waals surface area (Å²) in [5.74, 6) is 5.77. The number of benzene rings is 4. The Morgan fingerprint density at radius 1 is 0.571 bits per heavy atom. The second-order valence-electron chi connectivity index (χ2n) is 17.7. The number of imidazole rings is 2. The minimum Gasteiger partial charge on any atom is -0.461 e. The zero-order valence-corrected chi connectivity index (χ0v) is 38.7. The molecule has 2 aromatic heterocycles. The van der Waals surface area contributed by atoms with Gasteiger partial charge in [0.05, 0.1) is 60.5 Å². The van der Waals surface area contributed by atoms with Crippen LogP contribution >= 0.6 is 0 Å². The molecule has 4 heterocycles. The van der Waals surface area contributed by atoms with Gasteiger partial charge in [0.2, 0.25) is 0 Å². The van der Waals surface area contributed by atoms with Crippen LogP contribution in [0.25, 0.3) is 11.4 Å². The fourth-order valence-electron chi connectivity index (χ4n) is 7.36. The highest BCUT2D eigenvalue weighted by atomic mass is 28.3. The molecule has 12 heteroatoms. The number of ether oxygens (including phenoxy) is 2. The SMILES string of the molecule is C[Si](C)(C)C#Cc1ccc2c(c1)C(c1ccccc1)=NCc1c(C(=O)OCCCCCOC(=O)c3ncn4c3CN=C(c3ccccc3)c3cc(C#C[Si](C)(C)C)ccc3-4)ncn1-2. The quantitative estimate of drug-likeness (QED) is 0.0587. The van der Waals surface area contributed by atoms with Crippen LogP contribution in [-0.4, -0.2) is 71.8 Å². The molecule has 2 aliphatic heterocycles. The summed E-state index contributed by atoms with van der Waals surface area (Å²) in [4.78, 5) is 46.0. The van der Waals surface area contributed by atoms with Crippen LogP contribution in [-0.2, 0) is 22.6 Å². The number of hydrogen-bond acceptors (Lipinski definition) is 8. The molecule has 0 N–H and O–H groups in total. The number of rotatable bonds is 10. The van der Waals surface area contributed by atoms with Crippen LogP contribution in [0.5, 0.6) is 0 Å². The molecule has 8 rings (SSSR count). The molecule has 0 bridgehead atoms. The maximum absolute atomic E-state index is 13.4. The lowest BCUT2D eigenvalue weighted by Gasteiger charge is -2.13. The zero-order chi connectivity index (χ0) is 44.1. The van der Waals surface area contributed by atoms with Crippen LogP contribution in [0.4, 0.5) is 0 Å². The first-order valence-corrected chi connectivity index (χ1v) is 28.4. The highest BCUT2D eigenvalue weighted by molar-refractivity contribution is 6.84. The monoisotopic (exact) mass is 866 g/mol. The van der Waals surface area contributed by atoms with Gasteiger partial charge in [-0.15, -0.1) is 11.1 Å². The van der Waals surface area contributed by atoms with Crippen molar-refractivity contribution in [2.24, 2.45) is 9.98 Å². The van der Waals surface area contributed by atoms with Gasteiger partial charge in [-0.05, 0) is 55.7 Å². The summed E-state index contributed by atoms with van der Waals surface area (Å²) < 4.78 is 15.3. The van der Waals surface area contributed by atoms with Crippen molar-refractivity contribution in [3.8, 4) is 34.3 Å². The Hall–Kier alpha value is -6.87. The van der Waals surface area contributed by atoms with E-state index in [2.05, 4.69) is 84.3 Å². The summed E-state index contributed by atoms with van der Waals surface area (Å²) >= 11 is 0. The molecule has 0 radical (unpaired) electrons. The van der Waals surface area contributed by atoms with Crippen LogP contribution in [0.2, 0.25) is 39.3 Å². The zero-order valence-electron chi connectivity index (χ0n) is 36.7. The van der Waals surface area contributed by atoms with E-state index in [9.17, 15) is 9.59 Å². The van der Waals surface area contributed by atoms with Crippen molar-refractivity contribution in [3.63, 3.8) is 0 Å². The third-order valence-electron chi connectivity index (χ3n) is 10.4. The van der Waals surface area contributed by atoms with E-state index in [1.54, 1.807) is 12.7 Å². The first-order chi connectivity index (χ1) is 30.3. The van der Waals surface area contributed by atoms with E-state index in [-0.39, 0.29) is 37.7 Å². The van der Waals surface area contributed by atoms with Crippen molar-refractivity contribution in [3.05, 3.63) is 166 Å². The summed E-state index contributed by atoms with van der Waals surface area (Å²) in [6.07, 6.45) is 5.22. The van der Waals surface area contributed by atoms with E-state index in [0.29, 0.717) is 30.7 Å². The van der Waals surface area contributed by atoms with Crippen molar-refractivity contribution < 1.29 is 19.1 Å². The molecule has 0 unspecified atom stereocenters. The van der Waals surface area contributed by atoms with Gasteiger partial charge in [0, 0.05) is 33.4 Å². The van der Waals surface area contributed by atoms with Gasteiger partial charge in [0.1, 0.15) is 28.8 Å². The van der Waals surface area contributed by atoms with Gasteiger partial charge >= 0.3 is 11.9 Å². The topological polar surface area (TPSA) is 113 Å². The average Bonchev–Trinajstić information content (AvgIpc) is 3.81. The van der Waals surface area contributed by atoms with Crippen molar-refractivity contribution >= 4 is 39.5 Å². The van der Waals surface area contributed by atoms with Gasteiger partial charge in [-0.2, -0.15) is 0 Å². The number of carbonyl (C=O) groups is 2. The summed E-state index contributed by atoms with van der Waals surface area (Å²) in [5, 5.41) is 0. The van der Waals surface area contributed by atoms with Crippen LogP contribution in [0.1, 0.15) is 85.0 Å². The van der Waals surface area contributed by atoms with Gasteiger partial charge < -0.3 is 9.47 Å². The van der Waals surface area contributed by atoms with Gasteiger partial charge in [-0.25, -0.2) is 19.6 Å². The van der Waals surface area contributed by atoms with Crippen molar-refractivity contribution in [1.82, 2.24) is 19.1 Å². The molecular formula is C51H50N6O4Si2. The third kappa shape index (κ3) is 9.94. The Labute approximate surface area is 371 Å². The number of esters is 2. The molecule has 0 fully saturated rings. The molecule has 0 atom stereocenters. The smallest absolute Gasteiger partial charge is 0.358 e. The Bertz CT molecular complexity index is 2700. The predicted octanol–water partition coefficient (Wildman–Crippen LogP) is 9.40. The average molecular weight is 867 g/mol. The van der Waals surface area contributed by atoms with Gasteiger partial charge in [-0.3, -0.25) is 19.1 Å². The maximum atomic E-state index is 13.4. The molecule has 0 saturated heterocycles. The van der Waals surface area contributed by atoms with Gasteiger partial charge in [0.25, 0.3) is 0 Å². The molecule has 10 nitrogen and oxygen atoms in total. The van der Waals surface area contributed by atoms with Crippen molar-refractivity contribution in [1.29, 1.82) is 0 Å². The summed E-state index contributed by atoms with van der Waals surface area (Å²) in [6, 6.07) is 32.4. The minimum absolute atomic E-state index is 0.203. The highest BCUT2D eigenvalue weighted by Crippen LogP contribution is 2.30. The third-order valence-corrected chi connectivity index (χ3v) is 12.2. The van der Waals surface area contributed by atoms with Gasteiger partial charge in [0.15, 0.2) is 11.4 Å². The lowest BCUT2D eigenvalue weighted by Crippen LogP contribution is -2.16. The summed E-state index contributed by atoms with van der Waals surface area (Å²) in [6.45, 7) is 14.3. The Morgan fingerprint density at radius 2 is 0.984 bits per heavy atom. The number of fused-ring (bicyclic) bond motifs is 6. The first-order valence-electron chi connectivity index (χ1n) is 21.4. The molecular weight excluding hydrogens is 817 g/mol. The molecule has 0 spiro atoms. The molecule has 0 saturated carbocycles. The summed E-state index contributed by atoms with van der Waals surface area (Å²) in [5.41, 5.74) is 17.8. The molecule has 316 valence electrons. The number of unbranched alkanes of at least 4 members (excludes halogenated alkanes) is 2. The van der Waals surface area contributed by atoms with E-state index in [0.717, 1.165) is 56.2 Å². The van der Waals surface area contributed by atoms with E-state index in [4.69, 9.17) is 19.5 Å². The maximum Gasteiger partial charge on any atom is 0.358 e. The van der Waals surface area contributed by atoms with E-state index >= 15 is 0 Å². The minimum atomic E-state index is -1.59. The largest absolute Gasteiger partial charge is 0.461 e. The highest BCUT2D eigenvalue weighted by Gasteiger charge is 2.27. The lowest BCUT2D eigenvalue weighted by atomic mass is 9.98. The number of aromatic nitrogens is 4. The standard InChI is InChI=1S/C51H50N6O4Si2/c1-62(2,3)28-24-36-20-22-42-40(30-36)46(38-16-10-7-11-17-38)52-32-44-48(54-34-56(42)44)50(58)60-26-14-9-15-27-61-51(59)49-45-33-53-47(39-18-12-8-13-19-39)41-31-37(25-29-63(4,5)6)21-23-43(41)57(45)35-55-49/h7-8,10-13,16-23,30-31,34-35H,9,14-15,26-27,32-33H2,1-6H3. The molecule has 6 aromatic rings. The Balaban J connectivity index is 0.892.